The molecule has 0 spiro atoms. The van der Waals surface area contributed by atoms with E-state index in [-0.39, 0.29) is 6.42 Å². The van der Waals surface area contributed by atoms with Crippen LogP contribution in [0, 0.1) is 5.92 Å². The van der Waals surface area contributed by atoms with E-state index in [0.29, 0.717) is 11.6 Å². The van der Waals surface area contributed by atoms with E-state index in [2.05, 4.69) is 17.1 Å². The number of nitrogens with one attached hydrogen (secondary N) is 1. The van der Waals surface area contributed by atoms with Gasteiger partial charge in [0, 0.05) is 12.1 Å². The van der Waals surface area contributed by atoms with Crippen molar-refractivity contribution in [1.29, 1.82) is 0 Å². The lowest BCUT2D eigenvalue weighted by atomic mass is 9.97. The number of benzene rings is 1. The number of rotatable bonds is 6. The first-order chi connectivity index (χ1) is 11.0. The van der Waals surface area contributed by atoms with Crippen LogP contribution in [0.3, 0.4) is 0 Å². The van der Waals surface area contributed by atoms with Crippen molar-refractivity contribution in [2.75, 3.05) is 25.0 Å². The highest BCUT2D eigenvalue weighted by Crippen LogP contribution is 2.49. The van der Waals surface area contributed by atoms with Crippen LogP contribution in [0.1, 0.15) is 44.1 Å². The van der Waals surface area contributed by atoms with E-state index >= 15 is 0 Å². The first kappa shape index (κ1) is 16.4. The largest absolute Gasteiger partial charge is 0.326 e. The number of anilines is 1. The van der Waals surface area contributed by atoms with Crippen molar-refractivity contribution in [3.05, 3.63) is 29.8 Å². The molecule has 1 aliphatic carbocycles. The molecule has 2 fully saturated rings. The molecule has 2 atom stereocenters. The summed E-state index contributed by atoms with van der Waals surface area (Å²) in [4.78, 5) is 14.3. The number of amides is 1. The molecule has 1 heterocycles. The van der Waals surface area contributed by atoms with Gasteiger partial charge in [0.15, 0.2) is 0 Å². The Labute approximate surface area is 136 Å². The minimum Gasteiger partial charge on any atom is -0.326 e. The van der Waals surface area contributed by atoms with Gasteiger partial charge >= 0.3 is 0 Å². The van der Waals surface area contributed by atoms with E-state index in [1.807, 2.05) is 18.2 Å². The topological polar surface area (TPSA) is 32.3 Å². The maximum atomic E-state index is 12.9. The molecule has 1 saturated heterocycles. The molecule has 0 radical (unpaired) electrons. The highest BCUT2D eigenvalue weighted by Gasteiger charge is 2.61. The van der Waals surface area contributed by atoms with Crippen molar-refractivity contribution >= 4 is 11.6 Å². The highest BCUT2D eigenvalue weighted by molar-refractivity contribution is 5.95. The zero-order chi connectivity index (χ0) is 16.4. The smallest absolute Gasteiger partial charge is 0.260 e. The third-order valence-corrected chi connectivity index (χ3v) is 4.94. The molecule has 23 heavy (non-hydrogen) atoms. The van der Waals surface area contributed by atoms with Gasteiger partial charge in [-0.3, -0.25) is 4.79 Å². The standard InChI is InChI=1S/C18H24F2N2O/c1-13(7-10-22-8-2-3-9-22)14-5-4-6-15(11-14)21-17(23)16-12-18(16,19)20/h4-6,11,13,16H,2-3,7-10,12H2,1H3,(H,21,23). The Bertz CT molecular complexity index is 570. The summed E-state index contributed by atoms with van der Waals surface area (Å²) < 4.78 is 25.9. The van der Waals surface area contributed by atoms with Crippen molar-refractivity contribution < 1.29 is 13.6 Å². The van der Waals surface area contributed by atoms with Gasteiger partial charge < -0.3 is 10.2 Å². The zero-order valence-electron chi connectivity index (χ0n) is 13.5. The average molecular weight is 322 g/mol. The van der Waals surface area contributed by atoms with Gasteiger partial charge in [-0.15, -0.1) is 0 Å². The van der Waals surface area contributed by atoms with Crippen LogP contribution < -0.4 is 5.32 Å². The van der Waals surface area contributed by atoms with Gasteiger partial charge in [0.1, 0.15) is 5.92 Å². The van der Waals surface area contributed by atoms with E-state index in [9.17, 15) is 13.6 Å². The van der Waals surface area contributed by atoms with Gasteiger partial charge in [0.05, 0.1) is 0 Å². The van der Waals surface area contributed by atoms with Crippen molar-refractivity contribution in [2.45, 2.75) is 44.4 Å². The first-order valence-electron chi connectivity index (χ1n) is 8.47. The molecular weight excluding hydrogens is 298 g/mol. The SMILES string of the molecule is CC(CCN1CCCC1)c1cccc(NC(=O)C2CC2(F)F)c1. The van der Waals surface area contributed by atoms with Crippen LogP contribution >= 0.6 is 0 Å². The van der Waals surface area contributed by atoms with Crippen LogP contribution in [0.2, 0.25) is 0 Å². The van der Waals surface area contributed by atoms with Gasteiger partial charge in [0.25, 0.3) is 5.92 Å². The molecule has 2 unspecified atom stereocenters. The molecular formula is C18H24F2N2O. The van der Waals surface area contributed by atoms with E-state index in [0.717, 1.165) is 18.5 Å². The third-order valence-electron chi connectivity index (χ3n) is 4.94. The quantitative estimate of drug-likeness (QED) is 0.862. The van der Waals surface area contributed by atoms with Crippen molar-refractivity contribution in [3.63, 3.8) is 0 Å². The van der Waals surface area contributed by atoms with E-state index < -0.39 is 17.7 Å². The molecule has 1 N–H and O–H groups in total. The molecule has 1 aromatic rings. The number of halogens is 2. The van der Waals surface area contributed by atoms with E-state index in [4.69, 9.17) is 0 Å². The minimum absolute atomic E-state index is 0.329. The fraction of sp³-hybridized carbons (Fsp3) is 0.611. The predicted molar refractivity (Wildman–Crippen MR) is 86.8 cm³/mol. The molecule has 1 aliphatic heterocycles. The van der Waals surface area contributed by atoms with Crippen molar-refractivity contribution in [3.8, 4) is 0 Å². The molecule has 0 bridgehead atoms. The Morgan fingerprint density at radius 2 is 2.09 bits per heavy atom. The summed E-state index contributed by atoms with van der Waals surface area (Å²) in [7, 11) is 0. The second-order valence-corrected chi connectivity index (χ2v) is 6.87. The maximum absolute atomic E-state index is 12.9. The lowest BCUT2D eigenvalue weighted by Gasteiger charge is -2.19. The number of hydrogen-bond acceptors (Lipinski definition) is 2. The number of hydrogen-bond donors (Lipinski definition) is 1. The summed E-state index contributed by atoms with van der Waals surface area (Å²) in [6, 6.07) is 7.58. The summed E-state index contributed by atoms with van der Waals surface area (Å²) in [6.45, 7) is 5.65. The third kappa shape index (κ3) is 4.08. The second-order valence-electron chi connectivity index (χ2n) is 6.87. The Hall–Kier alpha value is -1.49. The Kier molecular flexibility index (Phi) is 4.67. The average Bonchev–Trinajstić information content (AvgIpc) is 2.93. The first-order valence-corrected chi connectivity index (χ1v) is 8.47. The summed E-state index contributed by atoms with van der Waals surface area (Å²) in [5, 5.41) is 2.62. The van der Waals surface area contributed by atoms with Crippen LogP contribution in [0.4, 0.5) is 14.5 Å². The number of likely N-dealkylation sites (tertiary alicyclic amines) is 1. The lowest BCUT2D eigenvalue weighted by molar-refractivity contribution is -0.119. The van der Waals surface area contributed by atoms with E-state index in [1.165, 1.54) is 25.9 Å². The van der Waals surface area contributed by atoms with Gasteiger partial charge in [0.2, 0.25) is 5.91 Å². The maximum Gasteiger partial charge on any atom is 0.260 e. The molecule has 3 nitrogen and oxygen atoms in total. The normalized spacial score (nSPS) is 24.4. The molecule has 3 rings (SSSR count). The Balaban J connectivity index is 1.54. The number of carbonyl (C=O) groups excluding carboxylic acids is 1. The summed E-state index contributed by atoms with van der Waals surface area (Å²) >= 11 is 0. The monoisotopic (exact) mass is 322 g/mol. The van der Waals surface area contributed by atoms with Crippen LogP contribution in [-0.2, 0) is 4.79 Å². The molecule has 2 aliphatic rings. The summed E-state index contributed by atoms with van der Waals surface area (Å²) in [6.07, 6.45) is 3.33. The van der Waals surface area contributed by atoms with Gasteiger partial charge in [-0.05, 0) is 62.5 Å². The number of alkyl halides is 2. The van der Waals surface area contributed by atoms with Crippen molar-refractivity contribution in [1.82, 2.24) is 4.90 Å². The molecule has 1 aromatic carbocycles. The van der Waals surface area contributed by atoms with Crippen LogP contribution in [0.15, 0.2) is 24.3 Å². The van der Waals surface area contributed by atoms with Gasteiger partial charge in [-0.1, -0.05) is 19.1 Å². The summed E-state index contributed by atoms with van der Waals surface area (Å²) in [5.41, 5.74) is 1.76. The van der Waals surface area contributed by atoms with Crippen molar-refractivity contribution in [2.24, 2.45) is 5.92 Å². The Morgan fingerprint density at radius 3 is 2.74 bits per heavy atom. The highest BCUT2D eigenvalue weighted by atomic mass is 19.3. The zero-order valence-corrected chi connectivity index (χ0v) is 13.5. The molecule has 1 saturated carbocycles. The molecule has 0 aromatic heterocycles. The molecule has 126 valence electrons. The summed E-state index contributed by atoms with van der Waals surface area (Å²) in [5.74, 6) is -4.16. The van der Waals surface area contributed by atoms with Crippen LogP contribution in [-0.4, -0.2) is 36.4 Å². The fourth-order valence-corrected chi connectivity index (χ4v) is 3.20. The molecule has 1 amide bonds. The molecule has 5 heteroatoms. The van der Waals surface area contributed by atoms with Crippen LogP contribution in [0.25, 0.3) is 0 Å². The predicted octanol–water partition coefficient (Wildman–Crippen LogP) is 3.87. The number of nitrogens with zero attached hydrogens (tertiary/aromatic N) is 1. The van der Waals surface area contributed by atoms with Gasteiger partial charge in [-0.2, -0.15) is 0 Å². The minimum atomic E-state index is -2.81. The second kappa shape index (κ2) is 6.56. The fourth-order valence-electron chi connectivity index (χ4n) is 3.20. The number of carbonyl (C=O) groups is 1. The van der Waals surface area contributed by atoms with E-state index in [1.54, 1.807) is 6.07 Å². The lowest BCUT2D eigenvalue weighted by Crippen LogP contribution is -2.21. The van der Waals surface area contributed by atoms with Crippen LogP contribution in [0.5, 0.6) is 0 Å². The Morgan fingerprint density at radius 1 is 1.39 bits per heavy atom. The van der Waals surface area contributed by atoms with Gasteiger partial charge in [-0.25, -0.2) is 8.78 Å².